The van der Waals surface area contributed by atoms with Gasteiger partial charge in [0, 0.05) is 26.6 Å². The quantitative estimate of drug-likeness (QED) is 0.512. The lowest BCUT2D eigenvalue weighted by Gasteiger charge is -2.16. The summed E-state index contributed by atoms with van der Waals surface area (Å²) in [7, 11) is 1.64. The maximum absolute atomic E-state index is 11.5. The Kier molecular flexibility index (Phi) is 6.05. The van der Waals surface area contributed by atoms with Crippen LogP contribution in [0.25, 0.3) is 0 Å². The van der Waals surface area contributed by atoms with Crippen molar-refractivity contribution in [2.75, 3.05) is 45.8 Å². The summed E-state index contributed by atoms with van der Waals surface area (Å²) in [6.45, 7) is 3.30. The van der Waals surface area contributed by atoms with Gasteiger partial charge in [0.15, 0.2) is 0 Å². The molecule has 1 fully saturated rings. The van der Waals surface area contributed by atoms with E-state index in [4.69, 9.17) is 9.47 Å². The van der Waals surface area contributed by atoms with E-state index in [1.165, 1.54) is 0 Å². The third-order valence-corrected chi connectivity index (χ3v) is 3.01. The van der Waals surface area contributed by atoms with E-state index in [2.05, 4.69) is 12.6 Å². The number of nitrogens with zero attached hydrogens (tertiary/aromatic N) is 1. The Morgan fingerprint density at radius 2 is 2.27 bits per heavy atom. The summed E-state index contributed by atoms with van der Waals surface area (Å²) in [5.41, 5.74) is 0. The highest BCUT2D eigenvalue weighted by atomic mass is 32.1. The van der Waals surface area contributed by atoms with Crippen molar-refractivity contribution >= 4 is 18.5 Å². The first-order valence-electron chi connectivity index (χ1n) is 5.23. The molecule has 15 heavy (non-hydrogen) atoms. The molecule has 88 valence electrons. The highest BCUT2D eigenvalue weighted by Crippen LogP contribution is 2.18. The topological polar surface area (TPSA) is 38.8 Å². The standard InChI is InChI=1S/C10H19NO3S/c1-13-4-5-14-3-2-11-7-9(8-15)6-10(11)12/h9,15H,2-8H2,1H3. The number of amides is 1. The number of likely N-dealkylation sites (tertiary alicyclic amines) is 1. The summed E-state index contributed by atoms with van der Waals surface area (Å²) in [5, 5.41) is 0. The van der Waals surface area contributed by atoms with Gasteiger partial charge in [0.1, 0.15) is 0 Å². The normalized spacial score (nSPS) is 21.3. The lowest BCUT2D eigenvalue weighted by atomic mass is 10.1. The van der Waals surface area contributed by atoms with Gasteiger partial charge in [-0.15, -0.1) is 0 Å². The average Bonchev–Trinajstić information content (AvgIpc) is 2.59. The largest absolute Gasteiger partial charge is 0.382 e. The van der Waals surface area contributed by atoms with E-state index < -0.39 is 0 Å². The number of thiol groups is 1. The second-order valence-electron chi connectivity index (χ2n) is 3.70. The Labute approximate surface area is 96.3 Å². The van der Waals surface area contributed by atoms with Crippen molar-refractivity contribution < 1.29 is 14.3 Å². The predicted octanol–water partition coefficient (Wildman–Crippen LogP) is 0.428. The minimum Gasteiger partial charge on any atom is -0.382 e. The summed E-state index contributed by atoms with van der Waals surface area (Å²) in [4.78, 5) is 13.3. The van der Waals surface area contributed by atoms with Gasteiger partial charge in [-0.05, 0) is 11.7 Å². The molecule has 0 N–H and O–H groups in total. The Morgan fingerprint density at radius 3 is 2.87 bits per heavy atom. The van der Waals surface area contributed by atoms with Crippen molar-refractivity contribution in [2.45, 2.75) is 6.42 Å². The van der Waals surface area contributed by atoms with Crippen LogP contribution in [0.3, 0.4) is 0 Å². The number of carbonyl (C=O) groups excluding carboxylic acids is 1. The van der Waals surface area contributed by atoms with Crippen molar-refractivity contribution in [3.8, 4) is 0 Å². The first-order chi connectivity index (χ1) is 7.27. The maximum Gasteiger partial charge on any atom is 0.223 e. The van der Waals surface area contributed by atoms with Crippen LogP contribution in [-0.2, 0) is 14.3 Å². The zero-order valence-electron chi connectivity index (χ0n) is 9.15. The van der Waals surface area contributed by atoms with Crippen LogP contribution in [0.2, 0.25) is 0 Å². The van der Waals surface area contributed by atoms with Gasteiger partial charge in [-0.25, -0.2) is 0 Å². The van der Waals surface area contributed by atoms with Crippen molar-refractivity contribution in [1.82, 2.24) is 4.90 Å². The Balaban J connectivity index is 2.08. The lowest BCUT2D eigenvalue weighted by Crippen LogP contribution is -2.29. The summed E-state index contributed by atoms with van der Waals surface area (Å²) >= 11 is 4.21. The van der Waals surface area contributed by atoms with Gasteiger partial charge in [-0.3, -0.25) is 4.79 Å². The van der Waals surface area contributed by atoms with Crippen LogP contribution in [-0.4, -0.2) is 56.6 Å². The Bertz CT molecular complexity index is 201. The predicted molar refractivity (Wildman–Crippen MR) is 61.2 cm³/mol. The van der Waals surface area contributed by atoms with E-state index in [0.29, 0.717) is 38.7 Å². The van der Waals surface area contributed by atoms with Crippen molar-refractivity contribution in [3.05, 3.63) is 0 Å². The molecule has 0 bridgehead atoms. The molecule has 0 saturated carbocycles. The SMILES string of the molecule is COCCOCCN1CC(CS)CC1=O. The number of carbonyl (C=O) groups is 1. The monoisotopic (exact) mass is 233 g/mol. The van der Waals surface area contributed by atoms with Crippen molar-refractivity contribution in [1.29, 1.82) is 0 Å². The molecule has 1 heterocycles. The zero-order chi connectivity index (χ0) is 11.1. The molecular formula is C10H19NO3S. The van der Waals surface area contributed by atoms with Crippen LogP contribution in [0.1, 0.15) is 6.42 Å². The van der Waals surface area contributed by atoms with Gasteiger partial charge in [0.2, 0.25) is 5.91 Å². The molecule has 1 saturated heterocycles. The van der Waals surface area contributed by atoms with Crippen LogP contribution in [0.5, 0.6) is 0 Å². The van der Waals surface area contributed by atoms with Gasteiger partial charge in [-0.1, -0.05) is 0 Å². The summed E-state index contributed by atoms with van der Waals surface area (Å²) in [6, 6.07) is 0. The van der Waals surface area contributed by atoms with E-state index in [9.17, 15) is 4.79 Å². The van der Waals surface area contributed by atoms with Crippen LogP contribution in [0.4, 0.5) is 0 Å². The molecule has 0 aromatic rings. The zero-order valence-corrected chi connectivity index (χ0v) is 10.0. The Morgan fingerprint density at radius 1 is 1.47 bits per heavy atom. The van der Waals surface area contributed by atoms with Crippen molar-refractivity contribution in [2.24, 2.45) is 5.92 Å². The summed E-state index contributed by atoms with van der Waals surface area (Å²) in [5.74, 6) is 1.43. The molecule has 0 aromatic heterocycles. The van der Waals surface area contributed by atoms with E-state index in [1.54, 1.807) is 7.11 Å². The molecule has 1 rings (SSSR count). The highest BCUT2D eigenvalue weighted by Gasteiger charge is 2.27. The molecule has 1 unspecified atom stereocenters. The third kappa shape index (κ3) is 4.40. The first kappa shape index (κ1) is 12.8. The van der Waals surface area contributed by atoms with Crippen LogP contribution in [0.15, 0.2) is 0 Å². The van der Waals surface area contributed by atoms with Crippen molar-refractivity contribution in [3.63, 3.8) is 0 Å². The van der Waals surface area contributed by atoms with Crippen LogP contribution in [0, 0.1) is 5.92 Å². The second-order valence-corrected chi connectivity index (χ2v) is 4.06. The smallest absolute Gasteiger partial charge is 0.223 e. The molecule has 1 amide bonds. The number of rotatable bonds is 7. The number of hydrogen-bond acceptors (Lipinski definition) is 4. The fourth-order valence-corrected chi connectivity index (χ4v) is 1.86. The molecule has 4 nitrogen and oxygen atoms in total. The van der Waals surface area contributed by atoms with E-state index in [0.717, 1.165) is 12.3 Å². The summed E-state index contributed by atoms with van der Waals surface area (Å²) < 4.78 is 10.2. The minimum absolute atomic E-state index is 0.226. The van der Waals surface area contributed by atoms with Crippen LogP contribution >= 0.6 is 12.6 Å². The fourth-order valence-electron chi connectivity index (χ4n) is 1.61. The van der Waals surface area contributed by atoms with Gasteiger partial charge >= 0.3 is 0 Å². The molecule has 0 radical (unpaired) electrons. The number of methoxy groups -OCH3 is 1. The molecular weight excluding hydrogens is 214 g/mol. The van der Waals surface area contributed by atoms with Crippen LogP contribution < -0.4 is 0 Å². The van der Waals surface area contributed by atoms with E-state index in [1.807, 2.05) is 4.90 Å². The third-order valence-electron chi connectivity index (χ3n) is 2.49. The molecule has 1 aliphatic heterocycles. The number of hydrogen-bond donors (Lipinski definition) is 1. The first-order valence-corrected chi connectivity index (χ1v) is 5.86. The molecule has 0 aliphatic carbocycles. The highest BCUT2D eigenvalue weighted by molar-refractivity contribution is 7.80. The van der Waals surface area contributed by atoms with E-state index >= 15 is 0 Å². The fraction of sp³-hybridized carbons (Fsp3) is 0.900. The molecule has 0 aromatic carbocycles. The summed E-state index contributed by atoms with van der Waals surface area (Å²) in [6.07, 6.45) is 0.640. The minimum atomic E-state index is 0.226. The van der Waals surface area contributed by atoms with Gasteiger partial charge in [-0.2, -0.15) is 12.6 Å². The number of ether oxygens (including phenoxy) is 2. The molecule has 0 spiro atoms. The molecule has 1 aliphatic rings. The lowest BCUT2D eigenvalue weighted by molar-refractivity contribution is -0.128. The second kappa shape index (κ2) is 7.09. The Hall–Kier alpha value is -0.260. The molecule has 1 atom stereocenters. The van der Waals surface area contributed by atoms with Gasteiger partial charge < -0.3 is 14.4 Å². The maximum atomic E-state index is 11.5. The van der Waals surface area contributed by atoms with Gasteiger partial charge in [0.05, 0.1) is 19.8 Å². The molecule has 5 heteroatoms. The van der Waals surface area contributed by atoms with Gasteiger partial charge in [0.25, 0.3) is 0 Å². The van der Waals surface area contributed by atoms with E-state index in [-0.39, 0.29) is 5.91 Å². The average molecular weight is 233 g/mol.